The van der Waals surface area contributed by atoms with Gasteiger partial charge in [0.2, 0.25) is 0 Å². The van der Waals surface area contributed by atoms with Crippen LogP contribution in [0.15, 0.2) is 24.3 Å². The number of nitrogens with zero attached hydrogens (tertiary/aromatic N) is 1. The van der Waals surface area contributed by atoms with Crippen molar-refractivity contribution in [2.45, 2.75) is 57.8 Å². The van der Waals surface area contributed by atoms with Crippen molar-refractivity contribution >= 4 is 5.69 Å². The Balaban J connectivity index is 1.82. The van der Waals surface area contributed by atoms with Crippen LogP contribution in [-0.2, 0) is 6.42 Å². The molecule has 1 aliphatic heterocycles. The molecule has 0 radical (unpaired) electrons. The fourth-order valence-electron chi connectivity index (χ4n) is 4.24. The number of aryl methyl sites for hydroxylation is 1. The lowest BCUT2D eigenvalue weighted by atomic mass is 9.79. The number of anilines is 1. The zero-order valence-corrected chi connectivity index (χ0v) is 13.3. The molecule has 1 heterocycles. The zero-order valence-electron chi connectivity index (χ0n) is 13.3. The summed E-state index contributed by atoms with van der Waals surface area (Å²) in [5.74, 6) is 0. The van der Waals surface area contributed by atoms with Crippen LogP contribution in [0.25, 0.3) is 0 Å². The Labute approximate surface area is 129 Å². The van der Waals surface area contributed by atoms with Crippen molar-refractivity contribution in [1.82, 2.24) is 0 Å². The van der Waals surface area contributed by atoms with Gasteiger partial charge in [-0.1, -0.05) is 43.9 Å². The van der Waals surface area contributed by atoms with E-state index in [1.165, 1.54) is 82.1 Å². The number of hydrogen-bond donors (Lipinski definition) is 1. The molecule has 3 rings (SSSR count). The van der Waals surface area contributed by atoms with Gasteiger partial charge >= 0.3 is 0 Å². The molecule has 0 unspecified atom stereocenters. The molecule has 0 saturated heterocycles. The van der Waals surface area contributed by atoms with Crippen molar-refractivity contribution in [2.75, 3.05) is 24.5 Å². The lowest BCUT2D eigenvalue weighted by Gasteiger charge is -2.38. The van der Waals surface area contributed by atoms with E-state index in [4.69, 9.17) is 5.73 Å². The Morgan fingerprint density at radius 2 is 1.71 bits per heavy atom. The Hall–Kier alpha value is -1.02. The molecule has 2 heteroatoms. The van der Waals surface area contributed by atoms with Crippen LogP contribution < -0.4 is 10.6 Å². The van der Waals surface area contributed by atoms with Gasteiger partial charge in [0.15, 0.2) is 0 Å². The van der Waals surface area contributed by atoms with E-state index in [-0.39, 0.29) is 0 Å². The van der Waals surface area contributed by atoms with Crippen molar-refractivity contribution in [3.63, 3.8) is 0 Å². The minimum atomic E-state index is 0.355. The SMILES string of the molecule is NCC1(CN2CCCCc3ccccc32)CCCCCC1. The predicted molar refractivity (Wildman–Crippen MR) is 90.8 cm³/mol. The van der Waals surface area contributed by atoms with Crippen molar-refractivity contribution in [2.24, 2.45) is 11.1 Å². The van der Waals surface area contributed by atoms with E-state index in [1.807, 2.05) is 0 Å². The maximum atomic E-state index is 6.26. The van der Waals surface area contributed by atoms with Crippen LogP contribution >= 0.6 is 0 Å². The Kier molecular flexibility index (Phi) is 4.84. The van der Waals surface area contributed by atoms with Crippen LogP contribution in [0.5, 0.6) is 0 Å². The van der Waals surface area contributed by atoms with Gasteiger partial charge in [0.1, 0.15) is 0 Å². The van der Waals surface area contributed by atoms with Gasteiger partial charge in [-0.15, -0.1) is 0 Å². The number of fused-ring (bicyclic) bond motifs is 1. The van der Waals surface area contributed by atoms with E-state index in [9.17, 15) is 0 Å². The summed E-state index contributed by atoms with van der Waals surface area (Å²) in [6.45, 7) is 3.23. The van der Waals surface area contributed by atoms with E-state index in [2.05, 4.69) is 29.2 Å². The maximum Gasteiger partial charge on any atom is 0.0398 e. The summed E-state index contributed by atoms with van der Waals surface area (Å²) in [6.07, 6.45) is 12.1. The average Bonchev–Trinajstić information content (AvgIpc) is 2.87. The molecule has 0 bridgehead atoms. The van der Waals surface area contributed by atoms with Crippen LogP contribution in [0.4, 0.5) is 5.69 Å². The van der Waals surface area contributed by atoms with E-state index >= 15 is 0 Å². The van der Waals surface area contributed by atoms with Crippen LogP contribution in [0.3, 0.4) is 0 Å². The quantitative estimate of drug-likeness (QED) is 0.847. The average molecular weight is 286 g/mol. The summed E-state index contributed by atoms with van der Waals surface area (Å²) in [5, 5.41) is 0. The van der Waals surface area contributed by atoms with E-state index in [1.54, 1.807) is 0 Å². The first-order valence-electron chi connectivity index (χ1n) is 8.86. The van der Waals surface area contributed by atoms with Crippen molar-refractivity contribution in [3.05, 3.63) is 29.8 Å². The van der Waals surface area contributed by atoms with Crippen LogP contribution in [-0.4, -0.2) is 19.6 Å². The molecule has 1 aromatic rings. The molecule has 0 aromatic heterocycles. The molecule has 1 aromatic carbocycles. The highest BCUT2D eigenvalue weighted by atomic mass is 15.1. The smallest absolute Gasteiger partial charge is 0.0398 e. The third kappa shape index (κ3) is 3.42. The fourth-order valence-corrected chi connectivity index (χ4v) is 4.24. The van der Waals surface area contributed by atoms with Gasteiger partial charge in [-0.25, -0.2) is 0 Å². The molecule has 1 aliphatic carbocycles. The number of benzene rings is 1. The topological polar surface area (TPSA) is 29.3 Å². The standard InChI is InChI=1S/C19H30N2/c20-15-19(12-6-1-2-7-13-19)16-21-14-8-5-10-17-9-3-4-11-18(17)21/h3-4,9,11H,1-2,5-8,10,12-16,20H2. The molecular weight excluding hydrogens is 256 g/mol. The van der Waals surface area contributed by atoms with Gasteiger partial charge in [-0.3, -0.25) is 0 Å². The second-order valence-corrected chi connectivity index (χ2v) is 7.13. The second-order valence-electron chi connectivity index (χ2n) is 7.13. The maximum absolute atomic E-state index is 6.26. The molecule has 1 saturated carbocycles. The van der Waals surface area contributed by atoms with E-state index < -0.39 is 0 Å². The van der Waals surface area contributed by atoms with Crippen LogP contribution in [0.1, 0.15) is 56.9 Å². The normalized spacial score (nSPS) is 22.2. The van der Waals surface area contributed by atoms with Crippen molar-refractivity contribution in [1.29, 1.82) is 0 Å². The number of nitrogens with two attached hydrogens (primary N) is 1. The lowest BCUT2D eigenvalue weighted by Crippen LogP contribution is -2.43. The first kappa shape index (κ1) is 14.9. The number of rotatable bonds is 3. The molecule has 116 valence electrons. The molecule has 2 nitrogen and oxygen atoms in total. The summed E-state index contributed by atoms with van der Waals surface area (Å²) in [6, 6.07) is 9.02. The summed E-state index contributed by atoms with van der Waals surface area (Å²) in [5.41, 5.74) is 9.63. The van der Waals surface area contributed by atoms with Crippen LogP contribution in [0.2, 0.25) is 0 Å². The monoisotopic (exact) mass is 286 g/mol. The third-order valence-corrected chi connectivity index (χ3v) is 5.58. The van der Waals surface area contributed by atoms with Gasteiger partial charge in [0.05, 0.1) is 0 Å². The third-order valence-electron chi connectivity index (χ3n) is 5.58. The summed E-state index contributed by atoms with van der Waals surface area (Å²) < 4.78 is 0. The Bertz CT molecular complexity index is 447. The van der Waals surface area contributed by atoms with Gasteiger partial charge in [-0.05, 0) is 50.3 Å². The minimum Gasteiger partial charge on any atom is -0.371 e. The molecule has 2 N–H and O–H groups in total. The number of para-hydroxylation sites is 1. The van der Waals surface area contributed by atoms with Gasteiger partial charge < -0.3 is 10.6 Å². The summed E-state index contributed by atoms with van der Waals surface area (Å²) >= 11 is 0. The van der Waals surface area contributed by atoms with Crippen molar-refractivity contribution in [3.8, 4) is 0 Å². The molecule has 0 atom stereocenters. The Morgan fingerprint density at radius 1 is 0.952 bits per heavy atom. The number of hydrogen-bond acceptors (Lipinski definition) is 2. The molecule has 0 amide bonds. The molecule has 21 heavy (non-hydrogen) atoms. The lowest BCUT2D eigenvalue weighted by molar-refractivity contribution is 0.258. The highest BCUT2D eigenvalue weighted by Gasteiger charge is 2.32. The summed E-state index contributed by atoms with van der Waals surface area (Å²) in [7, 11) is 0. The molecule has 0 spiro atoms. The second kappa shape index (κ2) is 6.83. The molecule has 2 aliphatic rings. The fraction of sp³-hybridized carbons (Fsp3) is 0.684. The highest BCUT2D eigenvalue weighted by Crippen LogP contribution is 2.37. The minimum absolute atomic E-state index is 0.355. The predicted octanol–water partition coefficient (Wildman–Crippen LogP) is 4.13. The highest BCUT2D eigenvalue weighted by molar-refractivity contribution is 5.54. The van der Waals surface area contributed by atoms with Gasteiger partial charge in [0, 0.05) is 24.2 Å². The first-order chi connectivity index (χ1) is 10.3. The summed E-state index contributed by atoms with van der Waals surface area (Å²) in [4.78, 5) is 2.65. The first-order valence-corrected chi connectivity index (χ1v) is 8.86. The molecule has 1 fully saturated rings. The zero-order chi connectivity index (χ0) is 14.5. The van der Waals surface area contributed by atoms with Gasteiger partial charge in [-0.2, -0.15) is 0 Å². The van der Waals surface area contributed by atoms with E-state index in [0.29, 0.717) is 5.41 Å². The van der Waals surface area contributed by atoms with Crippen LogP contribution in [0, 0.1) is 5.41 Å². The Morgan fingerprint density at radius 3 is 2.48 bits per heavy atom. The van der Waals surface area contributed by atoms with Crippen molar-refractivity contribution < 1.29 is 0 Å². The van der Waals surface area contributed by atoms with E-state index in [0.717, 1.165) is 6.54 Å². The molecular formula is C19H30N2. The largest absolute Gasteiger partial charge is 0.371 e. The van der Waals surface area contributed by atoms with Gasteiger partial charge in [0.25, 0.3) is 0 Å².